The van der Waals surface area contributed by atoms with Crippen LogP contribution in [0.1, 0.15) is 18.7 Å². The zero-order valence-corrected chi connectivity index (χ0v) is 17.1. The summed E-state index contributed by atoms with van der Waals surface area (Å²) in [5, 5.41) is 2.78. The fourth-order valence-corrected chi connectivity index (χ4v) is 3.87. The third-order valence-corrected chi connectivity index (χ3v) is 5.40. The lowest BCUT2D eigenvalue weighted by molar-refractivity contribution is 0.466. The molecule has 1 N–H and O–H groups in total. The summed E-state index contributed by atoms with van der Waals surface area (Å²) in [5.41, 5.74) is 0.964. The lowest BCUT2D eigenvalue weighted by Crippen LogP contribution is -2.16. The van der Waals surface area contributed by atoms with Gasteiger partial charge < -0.3 is 14.3 Å². The van der Waals surface area contributed by atoms with Crippen LogP contribution in [-0.2, 0) is 0 Å². The molecular formula is C23H17F2N5O2. The van der Waals surface area contributed by atoms with Crippen LogP contribution < -0.4 is 10.7 Å². The summed E-state index contributed by atoms with van der Waals surface area (Å²) in [5.74, 6) is -0.433. The number of nitrogens with zero attached hydrogens (tertiary/aromatic N) is 4. The molecule has 0 aliphatic carbocycles. The Morgan fingerprint density at radius 3 is 2.69 bits per heavy atom. The molecule has 32 heavy (non-hydrogen) atoms. The number of halogens is 2. The molecule has 0 saturated carbocycles. The highest BCUT2D eigenvalue weighted by Crippen LogP contribution is 2.33. The molecule has 0 fully saturated rings. The maximum atomic E-state index is 14.5. The quantitative estimate of drug-likeness (QED) is 0.448. The first kappa shape index (κ1) is 19.8. The minimum atomic E-state index is -0.701. The van der Waals surface area contributed by atoms with Crippen molar-refractivity contribution in [3.05, 3.63) is 82.7 Å². The van der Waals surface area contributed by atoms with Crippen LogP contribution in [0.25, 0.3) is 33.3 Å². The number of imidazole rings is 1. The van der Waals surface area contributed by atoms with E-state index in [0.717, 1.165) is 0 Å². The number of anilines is 1. The average Bonchev–Trinajstić information content (AvgIpc) is 3.22. The van der Waals surface area contributed by atoms with E-state index in [0.29, 0.717) is 22.5 Å². The largest absolute Gasteiger partial charge is 0.458 e. The van der Waals surface area contributed by atoms with E-state index >= 15 is 0 Å². The summed E-state index contributed by atoms with van der Waals surface area (Å²) in [6, 6.07) is 9.19. The van der Waals surface area contributed by atoms with E-state index in [4.69, 9.17) is 4.42 Å². The monoisotopic (exact) mass is 433 g/mol. The van der Waals surface area contributed by atoms with E-state index < -0.39 is 23.1 Å². The predicted octanol–water partition coefficient (Wildman–Crippen LogP) is 4.53. The Bertz CT molecular complexity index is 1540. The summed E-state index contributed by atoms with van der Waals surface area (Å²) in [6.45, 7) is 1.80. The molecule has 0 radical (unpaired) electrons. The molecular weight excluding hydrogens is 416 g/mol. The van der Waals surface area contributed by atoms with Crippen molar-refractivity contribution < 1.29 is 13.2 Å². The summed E-state index contributed by atoms with van der Waals surface area (Å²) in [4.78, 5) is 26.3. The normalized spacial score (nSPS) is 12.4. The summed E-state index contributed by atoms with van der Waals surface area (Å²) < 4.78 is 36.4. The summed E-state index contributed by atoms with van der Waals surface area (Å²) >= 11 is 0. The van der Waals surface area contributed by atoms with Gasteiger partial charge in [-0.15, -0.1) is 0 Å². The van der Waals surface area contributed by atoms with Gasteiger partial charge in [-0.3, -0.25) is 4.79 Å². The van der Waals surface area contributed by atoms with E-state index in [1.54, 1.807) is 30.9 Å². The maximum absolute atomic E-state index is 14.5. The highest BCUT2D eigenvalue weighted by Gasteiger charge is 2.25. The van der Waals surface area contributed by atoms with Crippen LogP contribution in [0.4, 0.5) is 14.6 Å². The minimum Gasteiger partial charge on any atom is -0.458 e. The number of rotatable bonds is 4. The third-order valence-electron chi connectivity index (χ3n) is 5.40. The van der Waals surface area contributed by atoms with E-state index in [2.05, 4.69) is 20.3 Å². The first-order valence-corrected chi connectivity index (χ1v) is 9.86. The Morgan fingerprint density at radius 2 is 1.91 bits per heavy atom. The Kier molecular flexibility index (Phi) is 4.66. The molecule has 5 aromatic rings. The van der Waals surface area contributed by atoms with Gasteiger partial charge in [-0.05, 0) is 36.8 Å². The van der Waals surface area contributed by atoms with Crippen molar-refractivity contribution >= 4 is 28.0 Å². The Hall–Kier alpha value is -4.14. The number of fused-ring (bicyclic) bond motifs is 2. The number of nitrogens with one attached hydrogen (secondary N) is 1. The van der Waals surface area contributed by atoms with Crippen LogP contribution in [0.5, 0.6) is 0 Å². The maximum Gasteiger partial charge on any atom is 0.203 e. The van der Waals surface area contributed by atoms with Crippen LogP contribution in [0.3, 0.4) is 0 Å². The highest BCUT2D eigenvalue weighted by atomic mass is 19.1. The molecule has 2 aromatic carbocycles. The molecule has 0 spiro atoms. The van der Waals surface area contributed by atoms with E-state index in [-0.39, 0.29) is 22.3 Å². The molecule has 0 aliphatic rings. The standard InChI is InChI=1S/C23H17F2N5O2/c1-12(30-11-29-19-22(26-2)27-10-28-23(19)30)21-17(13-5-3-6-14(24)9-13)20(31)18-15(25)7-4-8-16(18)32-21/h3-12H,1-2H3,(H,26,27,28). The second-order valence-corrected chi connectivity index (χ2v) is 7.27. The molecule has 1 unspecified atom stereocenters. The van der Waals surface area contributed by atoms with E-state index in [1.165, 1.54) is 42.7 Å². The summed E-state index contributed by atoms with van der Waals surface area (Å²) in [6.07, 6.45) is 2.97. The number of benzene rings is 2. The average molecular weight is 433 g/mol. The molecule has 3 heterocycles. The second-order valence-electron chi connectivity index (χ2n) is 7.27. The number of hydrogen-bond acceptors (Lipinski definition) is 6. The predicted molar refractivity (Wildman–Crippen MR) is 117 cm³/mol. The van der Waals surface area contributed by atoms with Gasteiger partial charge in [0.1, 0.15) is 40.2 Å². The van der Waals surface area contributed by atoms with Gasteiger partial charge in [-0.2, -0.15) is 0 Å². The smallest absolute Gasteiger partial charge is 0.203 e. The first-order chi connectivity index (χ1) is 15.5. The van der Waals surface area contributed by atoms with Gasteiger partial charge in [0.2, 0.25) is 5.43 Å². The van der Waals surface area contributed by atoms with Crippen LogP contribution in [0.15, 0.2) is 64.3 Å². The fourth-order valence-electron chi connectivity index (χ4n) is 3.87. The fraction of sp³-hybridized carbons (Fsp3) is 0.130. The Labute approximate surface area is 180 Å². The van der Waals surface area contributed by atoms with Gasteiger partial charge in [0.25, 0.3) is 0 Å². The first-order valence-electron chi connectivity index (χ1n) is 9.86. The Morgan fingerprint density at radius 1 is 1.09 bits per heavy atom. The van der Waals surface area contributed by atoms with Crippen LogP contribution in [-0.4, -0.2) is 26.6 Å². The van der Waals surface area contributed by atoms with Crippen molar-refractivity contribution in [2.24, 2.45) is 0 Å². The van der Waals surface area contributed by atoms with E-state index in [1.807, 2.05) is 0 Å². The van der Waals surface area contributed by atoms with Gasteiger partial charge >= 0.3 is 0 Å². The number of aromatic nitrogens is 4. The van der Waals surface area contributed by atoms with Crippen molar-refractivity contribution in [3.8, 4) is 11.1 Å². The highest BCUT2D eigenvalue weighted by molar-refractivity contribution is 5.85. The van der Waals surface area contributed by atoms with Crippen molar-refractivity contribution in [2.45, 2.75) is 13.0 Å². The molecule has 9 heteroatoms. The number of hydrogen-bond donors (Lipinski definition) is 1. The van der Waals surface area contributed by atoms with Crippen molar-refractivity contribution in [1.82, 2.24) is 19.5 Å². The topological polar surface area (TPSA) is 85.8 Å². The van der Waals surface area contributed by atoms with Gasteiger partial charge in [0.15, 0.2) is 11.5 Å². The molecule has 0 bridgehead atoms. The SMILES string of the molecule is CNc1ncnc2c1ncn2C(C)c1oc2cccc(F)c2c(=O)c1-c1cccc(F)c1. The molecule has 5 rings (SSSR count). The van der Waals surface area contributed by atoms with Gasteiger partial charge in [0, 0.05) is 7.05 Å². The lowest BCUT2D eigenvalue weighted by Gasteiger charge is -2.18. The van der Waals surface area contributed by atoms with Crippen LogP contribution >= 0.6 is 0 Å². The van der Waals surface area contributed by atoms with Gasteiger partial charge in [0.05, 0.1) is 17.9 Å². The molecule has 0 amide bonds. The second kappa shape index (κ2) is 7.52. The van der Waals surface area contributed by atoms with Crippen LogP contribution in [0, 0.1) is 11.6 Å². The van der Waals surface area contributed by atoms with Gasteiger partial charge in [-0.1, -0.05) is 18.2 Å². The Balaban J connectivity index is 1.82. The van der Waals surface area contributed by atoms with Crippen molar-refractivity contribution in [2.75, 3.05) is 12.4 Å². The minimum absolute atomic E-state index is 0.0827. The molecule has 0 aliphatic heterocycles. The molecule has 3 aromatic heterocycles. The van der Waals surface area contributed by atoms with Crippen molar-refractivity contribution in [1.29, 1.82) is 0 Å². The van der Waals surface area contributed by atoms with Crippen molar-refractivity contribution in [3.63, 3.8) is 0 Å². The third kappa shape index (κ3) is 3.01. The molecule has 160 valence electrons. The summed E-state index contributed by atoms with van der Waals surface area (Å²) in [7, 11) is 1.73. The molecule has 1 atom stereocenters. The lowest BCUT2D eigenvalue weighted by atomic mass is 9.99. The molecule has 0 saturated heterocycles. The zero-order valence-electron chi connectivity index (χ0n) is 17.1. The van der Waals surface area contributed by atoms with Gasteiger partial charge in [-0.25, -0.2) is 23.7 Å². The molecule has 7 nitrogen and oxygen atoms in total. The van der Waals surface area contributed by atoms with Crippen LogP contribution in [0.2, 0.25) is 0 Å². The van der Waals surface area contributed by atoms with E-state index in [9.17, 15) is 13.6 Å². The zero-order chi connectivity index (χ0) is 22.4.